The monoisotopic (exact) mass is 419 g/mol. The number of ether oxygens (including phenoxy) is 1. The van der Waals surface area contributed by atoms with Crippen LogP contribution in [-0.2, 0) is 16.4 Å². The minimum Gasteiger partial charge on any atom is -0.434 e. The van der Waals surface area contributed by atoms with Crippen LogP contribution in [0.5, 0.6) is 5.75 Å². The van der Waals surface area contributed by atoms with Crippen molar-refractivity contribution in [1.82, 2.24) is 10.6 Å². The summed E-state index contributed by atoms with van der Waals surface area (Å²) in [5.41, 5.74) is 1.23. The van der Waals surface area contributed by atoms with Crippen molar-refractivity contribution in [2.24, 2.45) is 10.4 Å². The summed E-state index contributed by atoms with van der Waals surface area (Å²) < 4.78 is 52.6. The minimum absolute atomic E-state index is 0.105. The van der Waals surface area contributed by atoms with Gasteiger partial charge < -0.3 is 15.4 Å². The van der Waals surface area contributed by atoms with Crippen LogP contribution in [0, 0.1) is 12.3 Å². The third-order valence-electron chi connectivity index (χ3n) is 4.07. The molecule has 1 aromatic carbocycles. The maximum atomic E-state index is 12.6. The van der Waals surface area contributed by atoms with E-state index in [1.807, 2.05) is 27.7 Å². The molecule has 6 nitrogen and oxygen atoms in total. The van der Waals surface area contributed by atoms with Gasteiger partial charge in [-0.2, -0.15) is 8.78 Å². The molecule has 160 valence electrons. The molecule has 1 rings (SSSR count). The topological polar surface area (TPSA) is 79.8 Å². The molecular weight excluding hydrogens is 388 g/mol. The Morgan fingerprint density at radius 2 is 1.96 bits per heavy atom. The van der Waals surface area contributed by atoms with Gasteiger partial charge in [-0.05, 0) is 31.7 Å². The number of benzene rings is 1. The van der Waals surface area contributed by atoms with E-state index in [1.165, 1.54) is 12.3 Å². The molecule has 0 radical (unpaired) electrons. The summed E-state index contributed by atoms with van der Waals surface area (Å²) in [5.74, 6) is 0.751. The summed E-state index contributed by atoms with van der Waals surface area (Å²) in [6, 6.07) is 4.99. The van der Waals surface area contributed by atoms with Gasteiger partial charge in [-0.3, -0.25) is 0 Å². The van der Waals surface area contributed by atoms with E-state index < -0.39 is 16.4 Å². The van der Waals surface area contributed by atoms with E-state index in [1.54, 1.807) is 12.1 Å². The standard InChI is InChI=1S/C19H31F2N3O3S/c1-6-22-18(24-13-19(3,4)9-10-28(5,25)26)23-12-15-11-14(2)7-8-16(15)27-17(20)21/h7-8,11,17H,6,9-10,12-13H2,1-5H3,(H2,22,23,24). The van der Waals surface area contributed by atoms with Gasteiger partial charge in [0.2, 0.25) is 0 Å². The Labute approximate surface area is 166 Å². The van der Waals surface area contributed by atoms with Crippen LogP contribution in [0.3, 0.4) is 0 Å². The molecule has 0 fully saturated rings. The van der Waals surface area contributed by atoms with Gasteiger partial charge in [-0.15, -0.1) is 0 Å². The van der Waals surface area contributed by atoms with Crippen molar-refractivity contribution in [3.8, 4) is 5.75 Å². The number of rotatable bonds is 10. The van der Waals surface area contributed by atoms with Crippen LogP contribution in [0.15, 0.2) is 23.2 Å². The average Bonchev–Trinajstić information content (AvgIpc) is 2.57. The zero-order chi connectivity index (χ0) is 21.4. The van der Waals surface area contributed by atoms with Crippen LogP contribution >= 0.6 is 0 Å². The van der Waals surface area contributed by atoms with Crippen molar-refractivity contribution >= 4 is 15.8 Å². The first-order chi connectivity index (χ1) is 12.9. The summed E-state index contributed by atoms with van der Waals surface area (Å²) >= 11 is 0. The summed E-state index contributed by atoms with van der Waals surface area (Å²) in [5, 5.41) is 6.30. The summed E-state index contributed by atoms with van der Waals surface area (Å²) in [7, 11) is -3.02. The van der Waals surface area contributed by atoms with Gasteiger partial charge in [0, 0.05) is 24.9 Å². The molecule has 0 spiro atoms. The van der Waals surface area contributed by atoms with Crippen LogP contribution in [0.1, 0.15) is 38.3 Å². The Hall–Kier alpha value is -1.90. The lowest BCUT2D eigenvalue weighted by Crippen LogP contribution is -2.42. The average molecular weight is 420 g/mol. The summed E-state index contributed by atoms with van der Waals surface area (Å²) in [6.07, 6.45) is 1.74. The van der Waals surface area contributed by atoms with Gasteiger partial charge in [0.1, 0.15) is 15.6 Å². The molecule has 0 heterocycles. The van der Waals surface area contributed by atoms with Gasteiger partial charge in [-0.1, -0.05) is 31.5 Å². The molecule has 0 atom stereocenters. The van der Waals surface area contributed by atoms with E-state index in [-0.39, 0.29) is 23.5 Å². The van der Waals surface area contributed by atoms with Crippen molar-refractivity contribution in [3.05, 3.63) is 29.3 Å². The normalized spacial score (nSPS) is 12.9. The Kier molecular flexibility index (Phi) is 9.13. The molecule has 2 N–H and O–H groups in total. The number of aliphatic imine (C=N–C) groups is 1. The SMILES string of the molecule is CCNC(=NCc1cc(C)ccc1OC(F)F)NCC(C)(C)CCS(C)(=O)=O. The number of hydrogen-bond acceptors (Lipinski definition) is 4. The highest BCUT2D eigenvalue weighted by atomic mass is 32.2. The first-order valence-corrected chi connectivity index (χ1v) is 11.2. The Bertz CT molecular complexity index is 766. The van der Waals surface area contributed by atoms with E-state index in [4.69, 9.17) is 0 Å². The van der Waals surface area contributed by atoms with Crippen molar-refractivity contribution in [3.63, 3.8) is 0 Å². The zero-order valence-corrected chi connectivity index (χ0v) is 18.0. The predicted octanol–water partition coefficient (Wildman–Crippen LogP) is 3.11. The fourth-order valence-electron chi connectivity index (χ4n) is 2.42. The van der Waals surface area contributed by atoms with Crippen LogP contribution in [0.2, 0.25) is 0 Å². The third kappa shape index (κ3) is 9.87. The molecule has 28 heavy (non-hydrogen) atoms. The molecule has 1 aromatic rings. The lowest BCUT2D eigenvalue weighted by molar-refractivity contribution is -0.0504. The number of hydrogen-bond donors (Lipinski definition) is 2. The number of sulfone groups is 1. The molecular formula is C19H31F2N3O3S. The molecule has 0 aromatic heterocycles. The maximum Gasteiger partial charge on any atom is 0.387 e. The first-order valence-electron chi connectivity index (χ1n) is 9.16. The highest BCUT2D eigenvalue weighted by Gasteiger charge is 2.20. The van der Waals surface area contributed by atoms with E-state index >= 15 is 0 Å². The Morgan fingerprint density at radius 3 is 2.54 bits per heavy atom. The fourth-order valence-corrected chi connectivity index (χ4v) is 3.35. The van der Waals surface area contributed by atoms with E-state index in [2.05, 4.69) is 20.4 Å². The second-order valence-electron chi connectivity index (χ2n) is 7.58. The number of aryl methyl sites for hydroxylation is 1. The second kappa shape index (κ2) is 10.6. The molecule has 0 bridgehead atoms. The third-order valence-corrected chi connectivity index (χ3v) is 5.01. The zero-order valence-electron chi connectivity index (χ0n) is 17.2. The lowest BCUT2D eigenvalue weighted by atomic mass is 9.90. The van der Waals surface area contributed by atoms with Gasteiger partial charge >= 0.3 is 6.61 Å². The molecule has 0 aliphatic heterocycles. The molecule has 0 amide bonds. The highest BCUT2D eigenvalue weighted by Crippen LogP contribution is 2.23. The quantitative estimate of drug-likeness (QED) is 0.450. The van der Waals surface area contributed by atoms with Crippen LogP contribution < -0.4 is 15.4 Å². The van der Waals surface area contributed by atoms with Crippen molar-refractivity contribution < 1.29 is 21.9 Å². The van der Waals surface area contributed by atoms with Crippen molar-refractivity contribution in [1.29, 1.82) is 0 Å². The number of nitrogens with one attached hydrogen (secondary N) is 2. The number of nitrogens with zero attached hydrogens (tertiary/aromatic N) is 1. The van der Waals surface area contributed by atoms with Gasteiger partial charge in [0.05, 0.1) is 12.3 Å². The van der Waals surface area contributed by atoms with E-state index in [9.17, 15) is 17.2 Å². The Balaban J connectivity index is 2.83. The molecule has 9 heteroatoms. The largest absolute Gasteiger partial charge is 0.434 e. The van der Waals surface area contributed by atoms with Crippen molar-refractivity contribution in [2.45, 2.75) is 47.3 Å². The fraction of sp³-hybridized carbons (Fsp3) is 0.632. The molecule has 0 aliphatic carbocycles. The first kappa shape index (κ1) is 24.1. The number of guanidine groups is 1. The minimum atomic E-state index is -3.02. The number of halogens is 2. The van der Waals surface area contributed by atoms with Gasteiger partial charge in [0.15, 0.2) is 5.96 Å². The molecule has 0 aliphatic rings. The van der Waals surface area contributed by atoms with Crippen LogP contribution in [-0.4, -0.2) is 46.1 Å². The Morgan fingerprint density at radius 1 is 1.29 bits per heavy atom. The molecule has 0 saturated heterocycles. The molecule has 0 unspecified atom stereocenters. The van der Waals surface area contributed by atoms with Gasteiger partial charge in [-0.25, -0.2) is 13.4 Å². The van der Waals surface area contributed by atoms with Crippen LogP contribution in [0.25, 0.3) is 0 Å². The van der Waals surface area contributed by atoms with Gasteiger partial charge in [0.25, 0.3) is 0 Å². The van der Waals surface area contributed by atoms with E-state index in [0.717, 1.165) is 5.56 Å². The summed E-state index contributed by atoms with van der Waals surface area (Å²) in [4.78, 5) is 4.46. The predicted molar refractivity (Wildman–Crippen MR) is 109 cm³/mol. The second-order valence-corrected chi connectivity index (χ2v) is 9.84. The maximum absolute atomic E-state index is 12.6. The number of alkyl halides is 2. The lowest BCUT2D eigenvalue weighted by Gasteiger charge is -2.25. The summed E-state index contributed by atoms with van der Waals surface area (Å²) in [6.45, 7) is 6.16. The highest BCUT2D eigenvalue weighted by molar-refractivity contribution is 7.90. The molecule has 0 saturated carbocycles. The smallest absolute Gasteiger partial charge is 0.387 e. The van der Waals surface area contributed by atoms with Crippen molar-refractivity contribution in [2.75, 3.05) is 25.1 Å². The van der Waals surface area contributed by atoms with E-state index in [0.29, 0.717) is 31.0 Å². The van der Waals surface area contributed by atoms with Crippen LogP contribution in [0.4, 0.5) is 8.78 Å².